The number of carbonyl (C=O) groups is 1. The maximum atomic E-state index is 12.4. The van der Waals surface area contributed by atoms with E-state index in [2.05, 4.69) is 63.7 Å². The number of amides is 1. The van der Waals surface area contributed by atoms with Gasteiger partial charge in [0.25, 0.3) is 5.91 Å². The summed E-state index contributed by atoms with van der Waals surface area (Å²) in [6.07, 6.45) is 9.98. The fourth-order valence-corrected chi connectivity index (χ4v) is 4.79. The predicted octanol–water partition coefficient (Wildman–Crippen LogP) is 7.62. The highest BCUT2D eigenvalue weighted by Crippen LogP contribution is 2.28. The van der Waals surface area contributed by atoms with E-state index in [9.17, 15) is 4.79 Å². The third-order valence-corrected chi connectivity index (χ3v) is 6.73. The average Bonchev–Trinajstić information content (AvgIpc) is 3.44. The van der Waals surface area contributed by atoms with E-state index in [0.29, 0.717) is 5.76 Å². The largest absolute Gasteiger partial charge is 0.496 e. The molecule has 2 heterocycles. The van der Waals surface area contributed by atoms with Crippen LogP contribution in [0.25, 0.3) is 5.76 Å². The van der Waals surface area contributed by atoms with Crippen molar-refractivity contribution in [3.05, 3.63) is 58.3 Å². The van der Waals surface area contributed by atoms with Crippen LogP contribution in [-0.4, -0.2) is 25.9 Å². The Morgan fingerprint density at radius 1 is 1.06 bits per heavy atom. The van der Waals surface area contributed by atoms with E-state index < -0.39 is 0 Å². The van der Waals surface area contributed by atoms with Crippen LogP contribution < -0.4 is 4.90 Å². The van der Waals surface area contributed by atoms with Crippen molar-refractivity contribution in [2.45, 2.75) is 84.8 Å². The molecule has 4 nitrogen and oxygen atoms in total. The topological polar surface area (TPSA) is 38.8 Å². The molecule has 5 heteroatoms. The van der Waals surface area contributed by atoms with Crippen LogP contribution >= 0.6 is 11.3 Å². The van der Waals surface area contributed by atoms with Crippen molar-refractivity contribution in [1.29, 1.82) is 0 Å². The molecule has 1 amide bonds. The molecule has 1 atom stereocenters. The summed E-state index contributed by atoms with van der Waals surface area (Å²) in [6.45, 7) is 10.6. The second kappa shape index (κ2) is 14.9. The fraction of sp³-hybridized carbons (Fsp3) is 0.536. The number of hydrogen-bond donors (Lipinski definition) is 0. The van der Waals surface area contributed by atoms with Crippen molar-refractivity contribution in [2.75, 3.05) is 18.6 Å². The molecule has 0 saturated carbocycles. The molecule has 1 aliphatic heterocycles. The van der Waals surface area contributed by atoms with Gasteiger partial charge in [-0.3, -0.25) is 9.69 Å². The minimum Gasteiger partial charge on any atom is -0.496 e. The molecule has 182 valence electrons. The maximum absolute atomic E-state index is 12.4. The number of rotatable bonds is 12. The smallest absolute Gasteiger partial charge is 0.255 e. The van der Waals surface area contributed by atoms with Crippen LogP contribution in [0, 0.1) is 0 Å². The van der Waals surface area contributed by atoms with Gasteiger partial charge >= 0.3 is 0 Å². The first-order valence-corrected chi connectivity index (χ1v) is 13.2. The Labute approximate surface area is 204 Å². The molecule has 0 radical (unpaired) electrons. The van der Waals surface area contributed by atoms with Gasteiger partial charge in [0.05, 0.1) is 12.0 Å². The first-order chi connectivity index (χ1) is 16.0. The lowest BCUT2D eigenvalue weighted by molar-refractivity contribution is -0.117. The Bertz CT molecular complexity index is 843. The predicted molar refractivity (Wildman–Crippen MR) is 141 cm³/mol. The number of methoxy groups -OCH3 is 1. The van der Waals surface area contributed by atoms with Crippen molar-refractivity contribution in [3.63, 3.8) is 0 Å². The summed E-state index contributed by atoms with van der Waals surface area (Å²) in [4.78, 5) is 16.6. The molecular weight excluding hydrogens is 430 g/mol. The highest BCUT2D eigenvalue weighted by molar-refractivity contribution is 7.13. The summed E-state index contributed by atoms with van der Waals surface area (Å²) in [5.74, 6) is 0.751. The van der Waals surface area contributed by atoms with Crippen molar-refractivity contribution in [1.82, 2.24) is 0 Å². The third kappa shape index (κ3) is 8.63. The van der Waals surface area contributed by atoms with E-state index >= 15 is 0 Å². The monoisotopic (exact) mass is 471 g/mol. The second-order valence-corrected chi connectivity index (χ2v) is 9.67. The van der Waals surface area contributed by atoms with Gasteiger partial charge in [0.2, 0.25) is 0 Å². The Hall–Kier alpha value is -2.11. The maximum Gasteiger partial charge on any atom is 0.255 e. The minimum atomic E-state index is -0.179. The molecule has 2 aromatic rings. The molecule has 1 fully saturated rings. The first kappa shape index (κ1) is 27.1. The van der Waals surface area contributed by atoms with Gasteiger partial charge in [0.1, 0.15) is 18.6 Å². The van der Waals surface area contributed by atoms with Crippen LogP contribution in [-0.2, 0) is 27.1 Å². The van der Waals surface area contributed by atoms with Crippen LogP contribution in [0.15, 0.2) is 43.0 Å². The number of thiophene rings is 1. The molecule has 0 aliphatic carbocycles. The summed E-state index contributed by atoms with van der Waals surface area (Å²) < 4.78 is 11.0. The molecule has 1 aliphatic rings. The number of carbonyl (C=O) groups excluding carboxylic acids is 1. The first-order valence-electron chi connectivity index (χ1n) is 12.4. The molecule has 1 saturated heterocycles. The Balaban J connectivity index is 0.00000122. The fourth-order valence-electron chi connectivity index (χ4n) is 3.79. The van der Waals surface area contributed by atoms with Gasteiger partial charge in [-0.15, -0.1) is 11.3 Å². The van der Waals surface area contributed by atoms with Gasteiger partial charge in [-0.2, -0.15) is 0 Å². The summed E-state index contributed by atoms with van der Waals surface area (Å²) >= 11 is 1.71. The van der Waals surface area contributed by atoms with E-state index in [1.807, 2.05) is 4.90 Å². The Morgan fingerprint density at radius 3 is 2.45 bits per heavy atom. The van der Waals surface area contributed by atoms with Gasteiger partial charge in [-0.1, -0.05) is 65.2 Å². The van der Waals surface area contributed by atoms with Crippen LogP contribution in [0.3, 0.4) is 0 Å². The normalized spacial score (nSPS) is 15.3. The number of aryl methyl sites for hydroxylation is 2. The number of unbranched alkanes of at least 4 members (excludes halogenated alkanes) is 3. The summed E-state index contributed by atoms with van der Waals surface area (Å²) in [5.41, 5.74) is 2.28. The van der Waals surface area contributed by atoms with Crippen molar-refractivity contribution >= 4 is 28.7 Å². The summed E-state index contributed by atoms with van der Waals surface area (Å²) in [6, 6.07) is 12.6. The lowest BCUT2D eigenvalue weighted by Gasteiger charge is -2.23. The van der Waals surface area contributed by atoms with E-state index in [4.69, 9.17) is 9.47 Å². The van der Waals surface area contributed by atoms with E-state index in [1.54, 1.807) is 18.4 Å². The van der Waals surface area contributed by atoms with Crippen molar-refractivity contribution < 1.29 is 14.3 Å². The van der Waals surface area contributed by atoms with Crippen LogP contribution in [0.2, 0.25) is 0 Å². The lowest BCUT2D eigenvalue weighted by Crippen LogP contribution is -2.33. The van der Waals surface area contributed by atoms with E-state index in [0.717, 1.165) is 36.2 Å². The zero-order valence-electron chi connectivity index (χ0n) is 20.9. The molecule has 0 N–H and O–H groups in total. The lowest BCUT2D eigenvalue weighted by atomic mass is 10.1. The molecule has 33 heavy (non-hydrogen) atoms. The number of ether oxygens (including phenoxy) is 2. The quantitative estimate of drug-likeness (QED) is 0.236. The SMILES string of the molecule is C=C(OC)c1ccc(CCCC2OCC(=O)N2c2ccc(CCCCCC)cc2)s1.CCC. The highest BCUT2D eigenvalue weighted by atomic mass is 32.1. The minimum absolute atomic E-state index is 0.0468. The highest BCUT2D eigenvalue weighted by Gasteiger charge is 2.32. The molecule has 3 rings (SSSR count). The van der Waals surface area contributed by atoms with Gasteiger partial charge in [-0.25, -0.2) is 0 Å². The van der Waals surface area contributed by atoms with Gasteiger partial charge in [-0.05, 0) is 61.9 Å². The van der Waals surface area contributed by atoms with Gasteiger partial charge < -0.3 is 9.47 Å². The van der Waals surface area contributed by atoms with E-state index in [-0.39, 0.29) is 18.7 Å². The second-order valence-electron chi connectivity index (χ2n) is 8.50. The molecular formula is C28H41NO3S. The number of benzene rings is 1. The third-order valence-electron chi connectivity index (χ3n) is 5.55. The van der Waals surface area contributed by atoms with Crippen LogP contribution in [0.1, 0.15) is 81.0 Å². The summed E-state index contributed by atoms with van der Waals surface area (Å²) in [7, 11) is 1.64. The van der Waals surface area contributed by atoms with Crippen molar-refractivity contribution in [3.8, 4) is 0 Å². The molecule has 0 spiro atoms. The average molecular weight is 472 g/mol. The standard InChI is InChI=1S/C25H33NO3S.C3H8/c1-4-5-6-7-9-20-12-14-21(15-13-20)26-24(27)18-29-25(26)11-8-10-22-16-17-23(30-22)19(2)28-3;1-3-2/h12-17,25H,2,4-11,18H2,1,3H3;3H2,1-2H3. The molecule has 0 bridgehead atoms. The molecule has 1 unspecified atom stereocenters. The number of hydrogen-bond acceptors (Lipinski definition) is 4. The summed E-state index contributed by atoms with van der Waals surface area (Å²) in [5, 5.41) is 0. The number of nitrogens with zero attached hydrogens (tertiary/aromatic N) is 1. The zero-order chi connectivity index (χ0) is 24.1. The van der Waals surface area contributed by atoms with E-state index in [1.165, 1.54) is 42.5 Å². The zero-order valence-corrected chi connectivity index (χ0v) is 21.7. The van der Waals surface area contributed by atoms with Crippen LogP contribution in [0.4, 0.5) is 5.69 Å². The Kier molecular flexibility index (Phi) is 12.3. The molecule has 1 aromatic heterocycles. The molecule has 1 aromatic carbocycles. The van der Waals surface area contributed by atoms with Crippen LogP contribution in [0.5, 0.6) is 0 Å². The Morgan fingerprint density at radius 2 is 1.79 bits per heavy atom. The van der Waals surface area contributed by atoms with Gasteiger partial charge in [0.15, 0.2) is 0 Å². The van der Waals surface area contributed by atoms with Gasteiger partial charge in [0, 0.05) is 10.6 Å². The van der Waals surface area contributed by atoms with Crippen molar-refractivity contribution in [2.24, 2.45) is 0 Å². The number of anilines is 1.